The molecule has 0 spiro atoms. The second-order valence-electron chi connectivity index (χ2n) is 10.6. The first-order valence-corrected chi connectivity index (χ1v) is 13.9. The van der Waals surface area contributed by atoms with Gasteiger partial charge in [0.15, 0.2) is 0 Å². The number of likely N-dealkylation sites (tertiary alicyclic amines) is 1. The Morgan fingerprint density at radius 2 is 1.87 bits per heavy atom. The molecule has 1 saturated carbocycles. The van der Waals surface area contributed by atoms with E-state index in [2.05, 4.69) is 54.8 Å². The number of anilines is 1. The fourth-order valence-electron chi connectivity index (χ4n) is 5.68. The van der Waals surface area contributed by atoms with Crippen molar-refractivity contribution < 1.29 is 9.53 Å². The molecule has 1 amide bonds. The molecule has 4 heterocycles. The van der Waals surface area contributed by atoms with Crippen LogP contribution >= 0.6 is 11.6 Å². The van der Waals surface area contributed by atoms with Gasteiger partial charge in [-0.05, 0) is 55.0 Å². The highest BCUT2D eigenvalue weighted by Gasteiger charge is 2.34. The number of hydrogen-bond donors (Lipinski definition) is 3. The van der Waals surface area contributed by atoms with Crippen LogP contribution < -0.4 is 15.4 Å². The van der Waals surface area contributed by atoms with Gasteiger partial charge in [0.1, 0.15) is 22.4 Å². The summed E-state index contributed by atoms with van der Waals surface area (Å²) in [6.45, 7) is 2.57. The highest BCUT2D eigenvalue weighted by atomic mass is 35.5. The summed E-state index contributed by atoms with van der Waals surface area (Å²) >= 11 is 6.43. The number of methoxy groups -OCH3 is 1. The number of hydrogen-bond acceptors (Lipinski definition) is 6. The van der Waals surface area contributed by atoms with Crippen LogP contribution in [0.5, 0.6) is 5.75 Å². The van der Waals surface area contributed by atoms with Gasteiger partial charge in [-0.1, -0.05) is 41.9 Å². The Kier molecular flexibility index (Phi) is 7.39. The number of rotatable bonds is 8. The lowest BCUT2D eigenvalue weighted by Crippen LogP contribution is -2.55. The first kappa shape index (κ1) is 25.6. The maximum Gasteiger partial charge on any atom is 0.225 e. The van der Waals surface area contributed by atoms with Crippen LogP contribution in [0.1, 0.15) is 31.2 Å². The Balaban J connectivity index is 1.01. The fraction of sp³-hybridized carbons (Fsp3) is 0.367. The summed E-state index contributed by atoms with van der Waals surface area (Å²) in [5.74, 6) is 1.75. The van der Waals surface area contributed by atoms with Crippen LogP contribution in [-0.2, 0) is 11.3 Å². The lowest BCUT2D eigenvalue weighted by atomic mass is 9.90. The van der Waals surface area contributed by atoms with Gasteiger partial charge in [0.05, 0.1) is 19.2 Å². The third kappa shape index (κ3) is 5.87. The first-order chi connectivity index (χ1) is 19.0. The lowest BCUT2D eigenvalue weighted by molar-refractivity contribution is -0.131. The third-order valence-electron chi connectivity index (χ3n) is 7.85. The number of fused-ring (bicyclic) bond motifs is 1. The van der Waals surface area contributed by atoms with E-state index in [4.69, 9.17) is 16.3 Å². The third-order valence-corrected chi connectivity index (χ3v) is 8.04. The van der Waals surface area contributed by atoms with Crippen molar-refractivity contribution in [2.45, 2.75) is 44.3 Å². The molecular formula is C30H33ClN6O2. The quantitative estimate of drug-likeness (QED) is 0.262. The number of aromatic nitrogens is 3. The van der Waals surface area contributed by atoms with Crippen molar-refractivity contribution in [3.63, 3.8) is 0 Å². The zero-order valence-corrected chi connectivity index (χ0v) is 22.7. The minimum Gasteiger partial charge on any atom is -0.495 e. The molecule has 2 aliphatic rings. The number of benzene rings is 1. The van der Waals surface area contributed by atoms with E-state index < -0.39 is 0 Å². The Bertz CT molecular complexity index is 1440. The van der Waals surface area contributed by atoms with Gasteiger partial charge in [0.2, 0.25) is 5.91 Å². The standard InChI is InChI=1S/C30H33ClN6O2/c1-39-24-13-25-26(15-33-29(25)32-14-24)20-11-27(31)36-28(12-20)34-22-7-9-23(10-8-22)35-30(38)21-17-37(18-21)16-19-5-3-2-4-6-19/h2-6,11-15,21-23H,7-10,16-18H2,1H3,(H,32,33)(H,34,36)(H,35,38). The molecule has 9 heteroatoms. The molecule has 4 aromatic rings. The van der Waals surface area contributed by atoms with E-state index in [1.165, 1.54) is 5.56 Å². The molecule has 1 aliphatic carbocycles. The summed E-state index contributed by atoms with van der Waals surface area (Å²) in [5.41, 5.74) is 4.04. The number of nitrogens with zero attached hydrogens (tertiary/aromatic N) is 3. The van der Waals surface area contributed by atoms with Gasteiger partial charge >= 0.3 is 0 Å². The first-order valence-electron chi connectivity index (χ1n) is 13.6. The number of halogens is 1. The van der Waals surface area contributed by atoms with E-state index in [1.54, 1.807) is 13.3 Å². The molecule has 39 heavy (non-hydrogen) atoms. The van der Waals surface area contributed by atoms with Crippen molar-refractivity contribution in [2.24, 2.45) is 5.92 Å². The fourth-order valence-corrected chi connectivity index (χ4v) is 5.89. The summed E-state index contributed by atoms with van der Waals surface area (Å²) in [4.78, 5) is 27.3. The van der Waals surface area contributed by atoms with Crippen molar-refractivity contribution >= 4 is 34.4 Å². The van der Waals surface area contributed by atoms with E-state index in [9.17, 15) is 4.79 Å². The van der Waals surface area contributed by atoms with Gasteiger partial charge in [0, 0.05) is 48.9 Å². The predicted octanol–water partition coefficient (Wildman–Crippen LogP) is 5.26. The predicted molar refractivity (Wildman–Crippen MR) is 154 cm³/mol. The van der Waals surface area contributed by atoms with Gasteiger partial charge < -0.3 is 20.4 Å². The summed E-state index contributed by atoms with van der Waals surface area (Å²) in [5, 5.41) is 8.28. The van der Waals surface area contributed by atoms with E-state index in [0.717, 1.165) is 73.3 Å². The van der Waals surface area contributed by atoms with E-state index in [0.29, 0.717) is 10.9 Å². The summed E-state index contributed by atoms with van der Waals surface area (Å²) < 4.78 is 5.36. The van der Waals surface area contributed by atoms with Crippen molar-refractivity contribution in [3.05, 3.63) is 71.6 Å². The van der Waals surface area contributed by atoms with E-state index in [-0.39, 0.29) is 23.9 Å². The maximum absolute atomic E-state index is 12.8. The van der Waals surface area contributed by atoms with Gasteiger partial charge in [-0.2, -0.15) is 0 Å². The van der Waals surface area contributed by atoms with Gasteiger partial charge in [0.25, 0.3) is 0 Å². The number of aromatic amines is 1. The molecule has 1 aliphatic heterocycles. The summed E-state index contributed by atoms with van der Waals surface area (Å²) in [7, 11) is 1.63. The Morgan fingerprint density at radius 3 is 2.64 bits per heavy atom. The second-order valence-corrected chi connectivity index (χ2v) is 11.0. The van der Waals surface area contributed by atoms with Crippen molar-refractivity contribution in [1.29, 1.82) is 0 Å². The molecule has 8 nitrogen and oxygen atoms in total. The molecule has 2 fully saturated rings. The molecule has 0 unspecified atom stereocenters. The van der Waals surface area contributed by atoms with Gasteiger partial charge in [-0.3, -0.25) is 9.69 Å². The Hall–Kier alpha value is -3.62. The van der Waals surface area contributed by atoms with Crippen LogP contribution in [0.3, 0.4) is 0 Å². The van der Waals surface area contributed by atoms with Crippen LogP contribution in [-0.4, -0.2) is 58.0 Å². The molecule has 202 valence electrons. The van der Waals surface area contributed by atoms with Gasteiger partial charge in [-0.25, -0.2) is 9.97 Å². The number of carbonyl (C=O) groups excluding carboxylic acids is 1. The normalized spacial score (nSPS) is 19.9. The summed E-state index contributed by atoms with van der Waals surface area (Å²) in [6.07, 6.45) is 7.46. The van der Waals surface area contributed by atoms with Crippen molar-refractivity contribution in [1.82, 2.24) is 25.2 Å². The minimum absolute atomic E-state index is 0.0957. The van der Waals surface area contributed by atoms with Crippen LogP contribution in [0.15, 0.2) is 60.9 Å². The zero-order chi connectivity index (χ0) is 26.8. The highest BCUT2D eigenvalue weighted by molar-refractivity contribution is 6.29. The molecule has 6 rings (SSSR count). The average molecular weight is 545 g/mol. The number of carbonyl (C=O) groups is 1. The highest BCUT2D eigenvalue weighted by Crippen LogP contribution is 2.33. The van der Waals surface area contributed by atoms with E-state index in [1.807, 2.05) is 30.5 Å². The lowest BCUT2D eigenvalue weighted by Gasteiger charge is -2.39. The minimum atomic E-state index is 0.0957. The zero-order valence-electron chi connectivity index (χ0n) is 22.0. The van der Waals surface area contributed by atoms with Crippen molar-refractivity contribution in [3.8, 4) is 16.9 Å². The average Bonchev–Trinajstić information content (AvgIpc) is 3.35. The monoisotopic (exact) mass is 544 g/mol. The molecule has 1 aromatic carbocycles. The number of pyridine rings is 2. The Morgan fingerprint density at radius 1 is 1.10 bits per heavy atom. The smallest absolute Gasteiger partial charge is 0.225 e. The molecule has 0 bridgehead atoms. The Labute approximate surface area is 233 Å². The molecule has 1 saturated heterocycles. The molecule has 0 radical (unpaired) electrons. The topological polar surface area (TPSA) is 95.2 Å². The molecule has 3 aromatic heterocycles. The molecule has 3 N–H and O–H groups in total. The van der Waals surface area contributed by atoms with E-state index >= 15 is 0 Å². The van der Waals surface area contributed by atoms with Crippen LogP contribution in [0.2, 0.25) is 5.15 Å². The molecular weight excluding hydrogens is 512 g/mol. The van der Waals surface area contributed by atoms with Crippen molar-refractivity contribution in [2.75, 3.05) is 25.5 Å². The van der Waals surface area contributed by atoms with Gasteiger partial charge in [-0.15, -0.1) is 0 Å². The SMILES string of the molecule is COc1cnc2[nH]cc(-c3cc(Cl)nc(NC4CCC(NC(=O)C5CN(Cc6ccccc6)C5)CC4)c3)c2c1. The van der Waals surface area contributed by atoms with Crippen LogP contribution in [0, 0.1) is 5.92 Å². The van der Waals surface area contributed by atoms with Crippen LogP contribution in [0.4, 0.5) is 5.82 Å². The number of H-pyrrole nitrogens is 1. The maximum atomic E-state index is 12.8. The molecule has 0 atom stereocenters. The largest absolute Gasteiger partial charge is 0.495 e. The van der Waals surface area contributed by atoms with Crippen LogP contribution in [0.25, 0.3) is 22.2 Å². The number of nitrogens with one attached hydrogen (secondary N) is 3. The second kappa shape index (κ2) is 11.2. The summed E-state index contributed by atoms with van der Waals surface area (Å²) in [6, 6.07) is 16.8. The number of amides is 1. The number of ether oxygens (including phenoxy) is 1.